The van der Waals surface area contributed by atoms with Gasteiger partial charge in [-0.3, -0.25) is 0 Å². The number of para-hydroxylation sites is 2. The van der Waals surface area contributed by atoms with Crippen LogP contribution in [0.15, 0.2) is 24.3 Å². The summed E-state index contributed by atoms with van der Waals surface area (Å²) in [5, 5.41) is 17.8. The van der Waals surface area contributed by atoms with E-state index < -0.39 is 6.10 Å². The zero-order valence-electron chi connectivity index (χ0n) is 11.4. The predicted molar refractivity (Wildman–Crippen MR) is 83.3 cm³/mol. The highest BCUT2D eigenvalue weighted by Gasteiger charge is 2.13. The van der Waals surface area contributed by atoms with Gasteiger partial charge in [0.2, 0.25) is 0 Å². The number of aliphatic hydroxyl groups is 1. The summed E-state index contributed by atoms with van der Waals surface area (Å²) in [6, 6.07) is 7.74. The van der Waals surface area contributed by atoms with Crippen molar-refractivity contribution in [1.82, 2.24) is 9.78 Å². The first kappa shape index (κ1) is 15.2. The molecule has 0 aliphatic carbocycles. The molecule has 0 radical (unpaired) electrons. The summed E-state index contributed by atoms with van der Waals surface area (Å²) in [5.41, 5.74) is 3.44. The van der Waals surface area contributed by atoms with Crippen LogP contribution in [0.2, 0.25) is 5.02 Å². The summed E-state index contributed by atoms with van der Waals surface area (Å²) >= 11 is 11.8. The van der Waals surface area contributed by atoms with Crippen LogP contribution >= 0.6 is 23.2 Å². The van der Waals surface area contributed by atoms with Crippen molar-refractivity contribution >= 4 is 28.9 Å². The second kappa shape index (κ2) is 6.48. The largest absolute Gasteiger partial charge is 0.390 e. The minimum absolute atomic E-state index is 0.195. The molecule has 6 heteroatoms. The van der Waals surface area contributed by atoms with Crippen molar-refractivity contribution in [1.29, 1.82) is 0 Å². The Balaban J connectivity index is 2.34. The molecule has 2 N–H and O–H groups in total. The maximum atomic E-state index is 9.55. The van der Waals surface area contributed by atoms with Crippen LogP contribution in [0.25, 0.3) is 5.69 Å². The van der Waals surface area contributed by atoms with Crippen LogP contribution in [0, 0.1) is 13.8 Å². The van der Waals surface area contributed by atoms with Crippen molar-refractivity contribution in [3.05, 3.63) is 40.7 Å². The van der Waals surface area contributed by atoms with Gasteiger partial charge in [-0.2, -0.15) is 5.10 Å². The number of hydrogen-bond donors (Lipinski definition) is 2. The number of benzene rings is 1. The summed E-state index contributed by atoms with van der Waals surface area (Å²) in [7, 11) is 0. The van der Waals surface area contributed by atoms with E-state index in [0.717, 1.165) is 22.8 Å². The molecule has 0 bridgehead atoms. The first-order valence-corrected chi connectivity index (χ1v) is 7.25. The third-order valence-electron chi connectivity index (χ3n) is 3.04. The van der Waals surface area contributed by atoms with Gasteiger partial charge in [0.1, 0.15) is 0 Å². The zero-order valence-corrected chi connectivity index (χ0v) is 12.9. The van der Waals surface area contributed by atoms with Gasteiger partial charge in [-0.05, 0) is 26.0 Å². The normalized spacial score (nSPS) is 12.4. The number of aromatic nitrogens is 2. The molecule has 0 amide bonds. The average Bonchev–Trinajstić information content (AvgIpc) is 2.72. The molecule has 0 aliphatic heterocycles. The summed E-state index contributed by atoms with van der Waals surface area (Å²) in [6.07, 6.45) is -0.589. The molecule has 20 heavy (non-hydrogen) atoms. The molecule has 0 aliphatic rings. The first-order chi connectivity index (χ1) is 9.54. The Kier molecular flexibility index (Phi) is 4.91. The number of rotatable bonds is 5. The van der Waals surface area contributed by atoms with Gasteiger partial charge in [-0.25, -0.2) is 4.68 Å². The molecule has 0 spiro atoms. The molecule has 0 saturated carbocycles. The average molecular weight is 314 g/mol. The van der Waals surface area contributed by atoms with Crippen molar-refractivity contribution in [2.24, 2.45) is 0 Å². The van der Waals surface area contributed by atoms with Crippen LogP contribution in [0.4, 0.5) is 5.69 Å². The molecule has 108 valence electrons. The van der Waals surface area contributed by atoms with Gasteiger partial charge in [-0.1, -0.05) is 23.7 Å². The quantitative estimate of drug-likeness (QED) is 0.834. The maximum Gasteiger partial charge on any atom is 0.0880 e. The Hall–Kier alpha value is -1.23. The van der Waals surface area contributed by atoms with Crippen molar-refractivity contribution in [2.45, 2.75) is 20.0 Å². The minimum Gasteiger partial charge on any atom is -0.390 e. The molecule has 1 aromatic carbocycles. The van der Waals surface area contributed by atoms with E-state index in [4.69, 9.17) is 23.2 Å². The number of halogens is 2. The van der Waals surface area contributed by atoms with Crippen LogP contribution in [-0.2, 0) is 0 Å². The summed E-state index contributed by atoms with van der Waals surface area (Å²) < 4.78 is 1.80. The number of aryl methyl sites for hydroxylation is 1. The van der Waals surface area contributed by atoms with E-state index in [-0.39, 0.29) is 5.88 Å². The smallest absolute Gasteiger partial charge is 0.0880 e. The number of anilines is 1. The highest BCUT2D eigenvalue weighted by Crippen LogP contribution is 2.26. The van der Waals surface area contributed by atoms with Gasteiger partial charge in [-0.15, -0.1) is 11.6 Å². The molecule has 1 unspecified atom stereocenters. The zero-order chi connectivity index (χ0) is 14.7. The third kappa shape index (κ3) is 3.08. The molecular formula is C14H17Cl2N3O. The number of nitrogens with one attached hydrogen (secondary N) is 1. The number of hydrogen-bond acceptors (Lipinski definition) is 3. The molecule has 0 saturated heterocycles. The fourth-order valence-electron chi connectivity index (χ4n) is 1.95. The van der Waals surface area contributed by atoms with Gasteiger partial charge in [0.05, 0.1) is 39.8 Å². The molecule has 2 rings (SSSR count). The van der Waals surface area contributed by atoms with Crippen LogP contribution in [0.3, 0.4) is 0 Å². The SMILES string of the molecule is Cc1nn(-c2ccccc2NCC(O)CCl)c(C)c1Cl. The van der Waals surface area contributed by atoms with Gasteiger partial charge in [0.15, 0.2) is 0 Å². The van der Waals surface area contributed by atoms with E-state index in [1.54, 1.807) is 4.68 Å². The van der Waals surface area contributed by atoms with Crippen LogP contribution < -0.4 is 5.32 Å². The topological polar surface area (TPSA) is 50.1 Å². The van der Waals surface area contributed by atoms with E-state index in [0.29, 0.717) is 11.6 Å². The fourth-order valence-corrected chi connectivity index (χ4v) is 2.18. The maximum absolute atomic E-state index is 9.55. The van der Waals surface area contributed by atoms with Crippen LogP contribution in [-0.4, -0.2) is 33.4 Å². The van der Waals surface area contributed by atoms with Gasteiger partial charge in [0.25, 0.3) is 0 Å². The molecule has 1 atom stereocenters. The molecule has 1 aromatic heterocycles. The van der Waals surface area contributed by atoms with E-state index in [9.17, 15) is 5.11 Å². The Morgan fingerprint density at radius 1 is 1.35 bits per heavy atom. The lowest BCUT2D eigenvalue weighted by atomic mass is 10.2. The Morgan fingerprint density at radius 2 is 2.05 bits per heavy atom. The Morgan fingerprint density at radius 3 is 2.65 bits per heavy atom. The van der Waals surface area contributed by atoms with Gasteiger partial charge < -0.3 is 10.4 Å². The molecule has 1 heterocycles. The first-order valence-electron chi connectivity index (χ1n) is 6.33. The lowest BCUT2D eigenvalue weighted by Crippen LogP contribution is -2.21. The molecule has 4 nitrogen and oxygen atoms in total. The van der Waals surface area contributed by atoms with E-state index in [2.05, 4.69) is 10.4 Å². The second-order valence-corrected chi connectivity index (χ2v) is 5.29. The summed E-state index contributed by atoms with van der Waals surface area (Å²) in [4.78, 5) is 0. The summed E-state index contributed by atoms with van der Waals surface area (Å²) in [5.74, 6) is 0.195. The third-order valence-corrected chi connectivity index (χ3v) is 3.94. The Bertz CT molecular complexity index is 598. The standard InChI is InChI=1S/C14H17Cl2N3O/c1-9-14(16)10(2)19(18-9)13-6-4-3-5-12(13)17-8-11(20)7-15/h3-6,11,17,20H,7-8H2,1-2H3. The van der Waals surface area contributed by atoms with Gasteiger partial charge >= 0.3 is 0 Å². The van der Waals surface area contributed by atoms with E-state index >= 15 is 0 Å². The number of aliphatic hydroxyl groups excluding tert-OH is 1. The predicted octanol–water partition coefficient (Wildman–Crippen LogP) is 3.15. The highest BCUT2D eigenvalue weighted by molar-refractivity contribution is 6.31. The minimum atomic E-state index is -0.589. The monoisotopic (exact) mass is 313 g/mol. The van der Waals surface area contributed by atoms with Crippen molar-refractivity contribution in [3.8, 4) is 5.69 Å². The van der Waals surface area contributed by atoms with Gasteiger partial charge in [0, 0.05) is 6.54 Å². The van der Waals surface area contributed by atoms with Crippen molar-refractivity contribution in [2.75, 3.05) is 17.7 Å². The van der Waals surface area contributed by atoms with Crippen molar-refractivity contribution in [3.63, 3.8) is 0 Å². The van der Waals surface area contributed by atoms with E-state index in [1.807, 2.05) is 38.1 Å². The lowest BCUT2D eigenvalue weighted by molar-refractivity contribution is 0.211. The fraction of sp³-hybridized carbons (Fsp3) is 0.357. The second-order valence-electron chi connectivity index (χ2n) is 4.60. The van der Waals surface area contributed by atoms with Crippen LogP contribution in [0.1, 0.15) is 11.4 Å². The molecular weight excluding hydrogens is 297 g/mol. The number of alkyl halides is 1. The molecule has 2 aromatic rings. The summed E-state index contributed by atoms with van der Waals surface area (Å²) in [6.45, 7) is 4.18. The number of nitrogens with zero attached hydrogens (tertiary/aromatic N) is 2. The lowest BCUT2D eigenvalue weighted by Gasteiger charge is -2.15. The van der Waals surface area contributed by atoms with E-state index in [1.165, 1.54) is 0 Å². The Labute approximate surface area is 128 Å². The van der Waals surface area contributed by atoms with Crippen molar-refractivity contribution < 1.29 is 5.11 Å². The van der Waals surface area contributed by atoms with Crippen LogP contribution in [0.5, 0.6) is 0 Å². The molecule has 0 fully saturated rings. The highest BCUT2D eigenvalue weighted by atomic mass is 35.5.